The number of carbonyl (C=O) groups is 3. The minimum atomic E-state index is -0.693. The molecule has 26 heavy (non-hydrogen) atoms. The third-order valence-electron chi connectivity index (χ3n) is 5.16. The van der Waals surface area contributed by atoms with Crippen LogP contribution in [-0.4, -0.2) is 71.9 Å². The fourth-order valence-electron chi connectivity index (χ4n) is 3.40. The number of likely N-dealkylation sites (tertiary alicyclic amines) is 1. The summed E-state index contributed by atoms with van der Waals surface area (Å²) in [5.41, 5.74) is 1.19. The lowest BCUT2D eigenvalue weighted by molar-refractivity contribution is -0.137. The number of ether oxygens (including phenoxy) is 1. The van der Waals surface area contributed by atoms with E-state index in [-0.39, 0.29) is 30.4 Å². The summed E-state index contributed by atoms with van der Waals surface area (Å²) in [6, 6.07) is 6.90. The molecule has 1 atom stereocenters. The molecule has 2 aliphatic heterocycles. The third kappa shape index (κ3) is 3.66. The Morgan fingerprint density at radius 1 is 1.12 bits per heavy atom. The lowest BCUT2D eigenvalue weighted by atomic mass is 10.1. The van der Waals surface area contributed by atoms with Crippen molar-refractivity contribution in [3.8, 4) is 5.75 Å². The lowest BCUT2D eigenvalue weighted by Gasteiger charge is -2.33. The summed E-state index contributed by atoms with van der Waals surface area (Å²) in [4.78, 5) is 40.6. The van der Waals surface area contributed by atoms with E-state index >= 15 is 0 Å². The Hall–Kier alpha value is -2.57. The largest absolute Gasteiger partial charge is 0.490 e. The second-order valence-corrected chi connectivity index (χ2v) is 7.02. The summed E-state index contributed by atoms with van der Waals surface area (Å²) in [6.45, 7) is 3.24. The van der Waals surface area contributed by atoms with Gasteiger partial charge < -0.3 is 14.5 Å². The quantitative estimate of drug-likeness (QED) is 0.767. The average molecular weight is 359 g/mol. The molecule has 140 valence electrons. The molecular formula is C19H25N3O4. The molecule has 0 aromatic heterocycles. The third-order valence-corrected chi connectivity index (χ3v) is 5.16. The molecule has 0 aliphatic carbocycles. The zero-order valence-corrected chi connectivity index (χ0v) is 15.5. The minimum absolute atomic E-state index is 0.0366. The molecule has 0 N–H and O–H groups in total. The zero-order valence-electron chi connectivity index (χ0n) is 15.5. The SMILES string of the molecule is Cc1ccc(OC2CCN(C(=O)CC3C(=O)N(C)C(=O)N3C)CC2)cc1. The van der Waals surface area contributed by atoms with Gasteiger partial charge in [0.25, 0.3) is 5.91 Å². The van der Waals surface area contributed by atoms with Crippen LogP contribution in [0.25, 0.3) is 0 Å². The molecule has 1 aromatic rings. The molecule has 0 saturated carbocycles. The van der Waals surface area contributed by atoms with E-state index in [1.165, 1.54) is 17.5 Å². The zero-order chi connectivity index (χ0) is 18.8. The van der Waals surface area contributed by atoms with Crippen LogP contribution in [0.1, 0.15) is 24.8 Å². The highest BCUT2D eigenvalue weighted by Gasteiger charge is 2.42. The summed E-state index contributed by atoms with van der Waals surface area (Å²) in [7, 11) is 3.00. The topological polar surface area (TPSA) is 70.2 Å². The van der Waals surface area contributed by atoms with Crippen LogP contribution >= 0.6 is 0 Å². The van der Waals surface area contributed by atoms with Crippen LogP contribution in [0.2, 0.25) is 0 Å². The molecule has 2 heterocycles. The van der Waals surface area contributed by atoms with Crippen molar-refractivity contribution in [2.45, 2.75) is 38.3 Å². The van der Waals surface area contributed by atoms with Crippen LogP contribution in [0, 0.1) is 6.92 Å². The van der Waals surface area contributed by atoms with Crippen LogP contribution in [-0.2, 0) is 9.59 Å². The summed E-state index contributed by atoms with van der Waals surface area (Å²) >= 11 is 0. The van der Waals surface area contributed by atoms with Gasteiger partial charge in [-0.2, -0.15) is 0 Å². The number of carbonyl (C=O) groups excluding carboxylic acids is 3. The molecule has 7 nitrogen and oxygen atoms in total. The van der Waals surface area contributed by atoms with E-state index in [0.29, 0.717) is 13.1 Å². The van der Waals surface area contributed by atoms with Gasteiger partial charge in [0.05, 0.1) is 6.42 Å². The Labute approximate surface area is 153 Å². The van der Waals surface area contributed by atoms with E-state index in [1.54, 1.807) is 11.9 Å². The first-order chi connectivity index (χ1) is 12.4. The predicted molar refractivity (Wildman–Crippen MR) is 95.7 cm³/mol. The summed E-state index contributed by atoms with van der Waals surface area (Å²) in [5.74, 6) is 0.440. The van der Waals surface area contributed by atoms with Crippen molar-refractivity contribution in [1.82, 2.24) is 14.7 Å². The molecule has 2 fully saturated rings. The number of piperidine rings is 1. The van der Waals surface area contributed by atoms with Crippen molar-refractivity contribution in [2.24, 2.45) is 0 Å². The number of imide groups is 1. The van der Waals surface area contributed by atoms with Crippen LogP contribution < -0.4 is 4.74 Å². The monoisotopic (exact) mass is 359 g/mol. The first kappa shape index (κ1) is 18.2. The maximum absolute atomic E-state index is 12.5. The van der Waals surface area contributed by atoms with E-state index in [0.717, 1.165) is 23.5 Å². The second-order valence-electron chi connectivity index (χ2n) is 7.02. The molecule has 2 saturated heterocycles. The van der Waals surface area contributed by atoms with Crippen molar-refractivity contribution in [2.75, 3.05) is 27.2 Å². The smallest absolute Gasteiger partial charge is 0.326 e. The fraction of sp³-hybridized carbons (Fsp3) is 0.526. The fourth-order valence-corrected chi connectivity index (χ4v) is 3.40. The van der Waals surface area contributed by atoms with E-state index in [4.69, 9.17) is 4.74 Å². The lowest BCUT2D eigenvalue weighted by Crippen LogP contribution is -2.44. The Morgan fingerprint density at radius 2 is 1.73 bits per heavy atom. The Balaban J connectivity index is 1.50. The molecule has 7 heteroatoms. The number of aryl methyl sites for hydroxylation is 1. The normalized spacial score (nSPS) is 21.5. The molecular weight excluding hydrogens is 334 g/mol. The van der Waals surface area contributed by atoms with Crippen molar-refractivity contribution in [3.63, 3.8) is 0 Å². The van der Waals surface area contributed by atoms with Crippen LogP contribution in [0.4, 0.5) is 4.79 Å². The molecule has 3 rings (SSSR count). The first-order valence-corrected chi connectivity index (χ1v) is 8.92. The van der Waals surface area contributed by atoms with Gasteiger partial charge in [-0.25, -0.2) is 4.79 Å². The minimum Gasteiger partial charge on any atom is -0.490 e. The molecule has 0 radical (unpaired) electrons. The van der Waals surface area contributed by atoms with Gasteiger partial charge in [-0.1, -0.05) is 17.7 Å². The summed E-state index contributed by atoms with van der Waals surface area (Å²) < 4.78 is 5.98. The molecule has 4 amide bonds. The van der Waals surface area contributed by atoms with Gasteiger partial charge in [-0.15, -0.1) is 0 Å². The number of hydrogen-bond acceptors (Lipinski definition) is 4. The van der Waals surface area contributed by atoms with Gasteiger partial charge in [-0.3, -0.25) is 14.5 Å². The van der Waals surface area contributed by atoms with E-state index in [2.05, 4.69) is 0 Å². The van der Waals surface area contributed by atoms with Crippen molar-refractivity contribution < 1.29 is 19.1 Å². The number of hydrogen-bond donors (Lipinski definition) is 0. The number of likely N-dealkylation sites (N-methyl/N-ethyl adjacent to an activating group) is 2. The van der Waals surface area contributed by atoms with E-state index in [9.17, 15) is 14.4 Å². The number of benzene rings is 1. The van der Waals surface area contributed by atoms with Crippen molar-refractivity contribution in [1.29, 1.82) is 0 Å². The second kappa shape index (κ2) is 7.35. The van der Waals surface area contributed by atoms with Crippen molar-refractivity contribution >= 4 is 17.8 Å². The van der Waals surface area contributed by atoms with Crippen molar-refractivity contribution in [3.05, 3.63) is 29.8 Å². The van der Waals surface area contributed by atoms with Gasteiger partial charge in [0.1, 0.15) is 17.9 Å². The Bertz CT molecular complexity index is 695. The van der Waals surface area contributed by atoms with Gasteiger partial charge in [0.15, 0.2) is 0 Å². The average Bonchev–Trinajstić information content (AvgIpc) is 2.82. The maximum atomic E-state index is 12.5. The predicted octanol–water partition coefficient (Wildman–Crippen LogP) is 1.65. The summed E-state index contributed by atoms with van der Waals surface area (Å²) in [6.07, 6.45) is 1.64. The van der Waals surface area contributed by atoms with Gasteiger partial charge in [0, 0.05) is 40.0 Å². The van der Waals surface area contributed by atoms with Crippen LogP contribution in [0.5, 0.6) is 5.75 Å². The standard InChI is InChI=1S/C19H25N3O4/c1-13-4-6-14(7-5-13)26-15-8-10-22(11-9-15)17(23)12-16-18(24)21(3)19(25)20(16)2/h4-7,15-16H,8-12H2,1-3H3. The van der Waals surface area contributed by atoms with Gasteiger partial charge >= 0.3 is 6.03 Å². The number of amides is 4. The maximum Gasteiger partial charge on any atom is 0.326 e. The number of urea groups is 1. The van der Waals surface area contributed by atoms with Crippen LogP contribution in [0.15, 0.2) is 24.3 Å². The van der Waals surface area contributed by atoms with E-state index < -0.39 is 6.04 Å². The Morgan fingerprint density at radius 3 is 2.27 bits per heavy atom. The molecule has 2 aliphatic rings. The Kier molecular flexibility index (Phi) is 5.15. The molecule has 0 bridgehead atoms. The highest BCUT2D eigenvalue weighted by Crippen LogP contribution is 2.22. The van der Waals surface area contributed by atoms with E-state index in [1.807, 2.05) is 31.2 Å². The molecule has 1 unspecified atom stereocenters. The molecule has 1 aromatic carbocycles. The van der Waals surface area contributed by atoms with Gasteiger partial charge in [0.2, 0.25) is 5.91 Å². The highest BCUT2D eigenvalue weighted by atomic mass is 16.5. The van der Waals surface area contributed by atoms with Crippen LogP contribution in [0.3, 0.4) is 0 Å². The molecule has 0 spiro atoms. The highest BCUT2D eigenvalue weighted by molar-refractivity contribution is 6.05. The summed E-state index contributed by atoms with van der Waals surface area (Å²) in [5, 5.41) is 0. The first-order valence-electron chi connectivity index (χ1n) is 8.92. The number of nitrogens with zero attached hydrogens (tertiary/aromatic N) is 3. The number of rotatable bonds is 4. The van der Waals surface area contributed by atoms with Gasteiger partial charge in [-0.05, 0) is 19.1 Å².